The van der Waals surface area contributed by atoms with Crippen molar-refractivity contribution in [2.24, 2.45) is 0 Å². The van der Waals surface area contributed by atoms with Gasteiger partial charge in [0.1, 0.15) is 0 Å². The van der Waals surface area contributed by atoms with Gasteiger partial charge >= 0.3 is 5.97 Å². The third kappa shape index (κ3) is 3.28. The highest BCUT2D eigenvalue weighted by molar-refractivity contribution is 6.07. The molecule has 0 unspecified atom stereocenters. The lowest BCUT2D eigenvalue weighted by atomic mass is 10.0. The number of hydrogen-bond acceptors (Lipinski definition) is 5. The summed E-state index contributed by atoms with van der Waals surface area (Å²) in [6.07, 6.45) is 0. The van der Waals surface area contributed by atoms with Crippen LogP contribution in [0.5, 0.6) is 0 Å². The highest BCUT2D eigenvalue weighted by Gasteiger charge is 2.26. The van der Waals surface area contributed by atoms with Gasteiger partial charge in [-0.15, -0.1) is 0 Å². The van der Waals surface area contributed by atoms with E-state index in [4.69, 9.17) is 4.52 Å². The number of carbonyl (C=O) groups is 2. The molecule has 134 valence electrons. The van der Waals surface area contributed by atoms with Crippen LogP contribution < -0.4 is 5.32 Å². The first-order valence-electron chi connectivity index (χ1n) is 8.24. The topological polar surface area (TPSA) is 105 Å². The lowest BCUT2D eigenvalue weighted by molar-refractivity contribution is -0.139. The summed E-state index contributed by atoms with van der Waals surface area (Å²) in [5.41, 5.74) is 2.26. The van der Waals surface area contributed by atoms with Gasteiger partial charge in [-0.25, -0.2) is 9.78 Å². The number of amides is 1. The van der Waals surface area contributed by atoms with Gasteiger partial charge in [0.05, 0.1) is 16.6 Å². The average Bonchev–Trinajstić information content (AvgIpc) is 3.03. The minimum Gasteiger partial charge on any atom is -0.479 e. The maximum absolute atomic E-state index is 12.9. The minimum absolute atomic E-state index is 0.0247. The predicted octanol–water partition coefficient (Wildman–Crippen LogP) is 3.21. The maximum Gasteiger partial charge on any atom is 0.330 e. The second kappa shape index (κ2) is 6.95. The molecule has 2 N–H and O–H groups in total. The van der Waals surface area contributed by atoms with Gasteiger partial charge in [-0.3, -0.25) is 4.79 Å². The van der Waals surface area contributed by atoms with Crippen LogP contribution in [0.15, 0.2) is 40.9 Å². The third-order valence-corrected chi connectivity index (χ3v) is 4.05. The molecular formula is C19H19N3O4. The monoisotopic (exact) mass is 353 g/mol. The van der Waals surface area contributed by atoms with Crippen molar-refractivity contribution in [3.63, 3.8) is 0 Å². The van der Waals surface area contributed by atoms with Crippen LogP contribution >= 0.6 is 0 Å². The van der Waals surface area contributed by atoms with E-state index in [1.54, 1.807) is 43.3 Å². The molecule has 2 aromatic heterocycles. The van der Waals surface area contributed by atoms with Crippen molar-refractivity contribution in [1.29, 1.82) is 0 Å². The summed E-state index contributed by atoms with van der Waals surface area (Å²) in [7, 11) is 0. The number of pyridine rings is 1. The second-order valence-electron chi connectivity index (χ2n) is 6.37. The van der Waals surface area contributed by atoms with Crippen molar-refractivity contribution in [2.75, 3.05) is 0 Å². The van der Waals surface area contributed by atoms with Gasteiger partial charge < -0.3 is 14.9 Å². The van der Waals surface area contributed by atoms with E-state index < -0.39 is 17.9 Å². The van der Waals surface area contributed by atoms with Crippen molar-refractivity contribution in [2.45, 2.75) is 32.7 Å². The van der Waals surface area contributed by atoms with E-state index in [1.807, 2.05) is 13.8 Å². The quantitative estimate of drug-likeness (QED) is 0.730. The molecule has 0 bridgehead atoms. The van der Waals surface area contributed by atoms with Crippen molar-refractivity contribution in [3.05, 3.63) is 58.9 Å². The number of carboxylic acid groups (broad SMARTS) is 1. The van der Waals surface area contributed by atoms with Crippen LogP contribution in [0, 0.1) is 6.92 Å². The Morgan fingerprint density at radius 2 is 1.88 bits per heavy atom. The molecule has 1 aromatic carbocycles. The molecule has 0 saturated carbocycles. The summed E-state index contributed by atoms with van der Waals surface area (Å²) >= 11 is 0. The van der Waals surface area contributed by atoms with Gasteiger partial charge in [-0.05, 0) is 24.5 Å². The lowest BCUT2D eigenvalue weighted by Gasteiger charge is -2.15. The molecule has 0 aliphatic heterocycles. The molecule has 0 aliphatic carbocycles. The molecule has 3 aromatic rings. The number of carbonyl (C=O) groups excluding carboxylic acids is 1. The normalized spacial score (nSPS) is 12.3. The molecule has 0 spiro atoms. The third-order valence-electron chi connectivity index (χ3n) is 4.05. The predicted molar refractivity (Wildman–Crippen MR) is 94.9 cm³/mol. The Labute approximate surface area is 150 Å². The first-order chi connectivity index (χ1) is 12.4. The first-order valence-corrected chi connectivity index (χ1v) is 8.24. The highest BCUT2D eigenvalue weighted by atomic mass is 16.5. The number of fused-ring (bicyclic) bond motifs is 1. The van der Waals surface area contributed by atoms with Crippen LogP contribution in [0.1, 0.15) is 53.1 Å². The molecule has 2 heterocycles. The van der Waals surface area contributed by atoms with Crippen LogP contribution in [0.2, 0.25) is 0 Å². The van der Waals surface area contributed by atoms with Gasteiger partial charge in [0.2, 0.25) is 0 Å². The molecule has 26 heavy (non-hydrogen) atoms. The van der Waals surface area contributed by atoms with Crippen LogP contribution in [0.3, 0.4) is 0 Å². The van der Waals surface area contributed by atoms with E-state index >= 15 is 0 Å². The van der Waals surface area contributed by atoms with Gasteiger partial charge in [-0.1, -0.05) is 49.3 Å². The average molecular weight is 353 g/mol. The zero-order valence-electron chi connectivity index (χ0n) is 14.7. The summed E-state index contributed by atoms with van der Waals surface area (Å²) in [5, 5.41) is 16.7. The van der Waals surface area contributed by atoms with E-state index in [2.05, 4.69) is 15.5 Å². The second-order valence-corrected chi connectivity index (χ2v) is 6.37. The summed E-state index contributed by atoms with van der Waals surface area (Å²) in [6.45, 7) is 5.60. The Balaban J connectivity index is 2.04. The molecule has 7 heteroatoms. The fourth-order valence-corrected chi connectivity index (χ4v) is 2.81. The summed E-state index contributed by atoms with van der Waals surface area (Å²) in [5.74, 6) is -1.63. The van der Waals surface area contributed by atoms with Gasteiger partial charge in [0.15, 0.2) is 6.04 Å². The number of aliphatic carboxylic acids is 1. The summed E-state index contributed by atoms with van der Waals surface area (Å²) in [6, 6.07) is 9.01. The number of aromatic nitrogens is 2. The number of aryl methyl sites for hydroxylation is 1. The zero-order valence-corrected chi connectivity index (χ0v) is 14.7. The van der Waals surface area contributed by atoms with E-state index in [-0.39, 0.29) is 11.6 Å². The molecule has 0 fully saturated rings. The molecule has 1 amide bonds. The molecule has 0 aliphatic rings. The summed E-state index contributed by atoms with van der Waals surface area (Å²) in [4.78, 5) is 28.8. The van der Waals surface area contributed by atoms with Crippen molar-refractivity contribution in [3.8, 4) is 0 Å². The number of nitrogens with one attached hydrogen (secondary N) is 1. The molecular weight excluding hydrogens is 334 g/mol. The maximum atomic E-state index is 12.9. The number of carboxylic acids is 1. The Morgan fingerprint density at radius 3 is 2.50 bits per heavy atom. The lowest BCUT2D eigenvalue weighted by Crippen LogP contribution is -2.34. The zero-order chi connectivity index (χ0) is 18.8. The summed E-state index contributed by atoms with van der Waals surface area (Å²) < 4.78 is 5.26. The number of benzene rings is 1. The Kier molecular flexibility index (Phi) is 4.71. The largest absolute Gasteiger partial charge is 0.479 e. The molecule has 3 rings (SSSR count). The number of rotatable bonds is 5. The van der Waals surface area contributed by atoms with Gasteiger partial charge in [0.25, 0.3) is 11.6 Å². The van der Waals surface area contributed by atoms with Crippen LogP contribution in [-0.4, -0.2) is 27.1 Å². The smallest absolute Gasteiger partial charge is 0.330 e. The molecule has 1 atom stereocenters. The van der Waals surface area contributed by atoms with Crippen LogP contribution in [0.4, 0.5) is 0 Å². The SMILES string of the molecule is Cc1cc(C(=O)N[C@@H](C(=O)O)c2ccccc2)c2c(C(C)C)noc2n1. The molecule has 7 nitrogen and oxygen atoms in total. The Morgan fingerprint density at radius 1 is 1.19 bits per heavy atom. The van der Waals surface area contributed by atoms with E-state index in [0.717, 1.165) is 0 Å². The van der Waals surface area contributed by atoms with Crippen LogP contribution in [-0.2, 0) is 4.79 Å². The van der Waals surface area contributed by atoms with Crippen LogP contribution in [0.25, 0.3) is 11.1 Å². The Bertz CT molecular complexity index is 964. The Hall–Kier alpha value is -3.22. The van der Waals surface area contributed by atoms with Crippen molar-refractivity contribution >= 4 is 23.0 Å². The fourth-order valence-electron chi connectivity index (χ4n) is 2.81. The van der Waals surface area contributed by atoms with Gasteiger partial charge in [-0.2, -0.15) is 0 Å². The standard InChI is InChI=1S/C19H19N3O4/c1-10(2)15-14-13(9-11(3)20-18(14)26-22-15)17(23)21-16(19(24)25)12-7-5-4-6-8-12/h4-10,16H,1-3H3,(H,21,23)(H,24,25)/t16-/m1/s1. The minimum atomic E-state index is -1.16. The fraction of sp³-hybridized carbons (Fsp3) is 0.263. The molecule has 0 saturated heterocycles. The van der Waals surface area contributed by atoms with E-state index in [9.17, 15) is 14.7 Å². The van der Waals surface area contributed by atoms with Gasteiger partial charge in [0, 0.05) is 5.69 Å². The van der Waals surface area contributed by atoms with E-state index in [1.165, 1.54) is 0 Å². The first kappa shape index (κ1) is 17.6. The number of nitrogens with zero attached hydrogens (tertiary/aromatic N) is 2. The number of hydrogen-bond donors (Lipinski definition) is 2. The van der Waals surface area contributed by atoms with Crippen molar-refractivity contribution in [1.82, 2.24) is 15.5 Å². The molecule has 0 radical (unpaired) electrons. The van der Waals surface area contributed by atoms with E-state index in [0.29, 0.717) is 27.9 Å². The van der Waals surface area contributed by atoms with Crippen molar-refractivity contribution < 1.29 is 19.2 Å². The highest BCUT2D eigenvalue weighted by Crippen LogP contribution is 2.28.